The molecule has 150 valence electrons. The summed E-state index contributed by atoms with van der Waals surface area (Å²) < 4.78 is 7.11. The van der Waals surface area contributed by atoms with Crippen LogP contribution in [-0.2, 0) is 13.6 Å². The zero-order valence-corrected chi connectivity index (χ0v) is 16.6. The molecule has 0 aliphatic heterocycles. The maximum Gasteiger partial charge on any atom is 0.227 e. The van der Waals surface area contributed by atoms with Crippen LogP contribution >= 0.6 is 0 Å². The zero-order valence-electron chi connectivity index (χ0n) is 16.6. The van der Waals surface area contributed by atoms with Gasteiger partial charge in [-0.1, -0.05) is 26.0 Å². The highest BCUT2D eigenvalue weighted by molar-refractivity contribution is 5.84. The lowest BCUT2D eigenvalue weighted by Crippen LogP contribution is -2.30. The van der Waals surface area contributed by atoms with Crippen molar-refractivity contribution in [3.05, 3.63) is 30.1 Å². The second kappa shape index (κ2) is 8.30. The first-order valence-corrected chi connectivity index (χ1v) is 9.16. The van der Waals surface area contributed by atoms with Gasteiger partial charge in [-0.3, -0.25) is 0 Å². The van der Waals surface area contributed by atoms with E-state index in [2.05, 4.69) is 25.6 Å². The molecule has 9 heteroatoms. The van der Waals surface area contributed by atoms with E-state index in [1.54, 1.807) is 13.4 Å². The molecule has 1 atom stereocenters. The van der Waals surface area contributed by atoms with E-state index >= 15 is 0 Å². The monoisotopic (exact) mass is 385 g/mol. The van der Waals surface area contributed by atoms with Crippen LogP contribution < -0.4 is 21.1 Å². The van der Waals surface area contributed by atoms with Crippen LogP contribution in [0.25, 0.3) is 11.2 Å². The van der Waals surface area contributed by atoms with Crippen molar-refractivity contribution in [2.45, 2.75) is 26.4 Å². The number of fused-ring (bicyclic) bond motifs is 1. The van der Waals surface area contributed by atoms with Gasteiger partial charge in [0.05, 0.1) is 31.8 Å². The Balaban J connectivity index is 1.91. The molecule has 1 unspecified atom stereocenters. The predicted molar refractivity (Wildman–Crippen MR) is 110 cm³/mol. The minimum absolute atomic E-state index is 0.00639. The van der Waals surface area contributed by atoms with Crippen molar-refractivity contribution < 1.29 is 9.84 Å². The Morgan fingerprint density at radius 3 is 2.75 bits per heavy atom. The average Bonchev–Trinajstić information content (AvgIpc) is 3.06. The highest BCUT2D eigenvalue weighted by Crippen LogP contribution is 2.27. The lowest BCUT2D eigenvalue weighted by atomic mass is 10.1. The number of benzene rings is 1. The molecule has 0 spiro atoms. The fourth-order valence-corrected chi connectivity index (χ4v) is 2.88. The summed E-state index contributed by atoms with van der Waals surface area (Å²) in [6.45, 7) is 4.51. The second-order valence-corrected chi connectivity index (χ2v) is 6.99. The number of nitrogens with two attached hydrogens (primary N) is 1. The number of nitrogen functional groups attached to an aromatic ring is 1. The van der Waals surface area contributed by atoms with E-state index in [0.29, 0.717) is 40.9 Å². The summed E-state index contributed by atoms with van der Waals surface area (Å²) in [4.78, 5) is 13.5. The third-order valence-corrected chi connectivity index (χ3v) is 4.70. The largest absolute Gasteiger partial charge is 0.495 e. The summed E-state index contributed by atoms with van der Waals surface area (Å²) in [5.74, 6) is 1.89. The molecule has 0 fully saturated rings. The Bertz CT molecular complexity index is 955. The van der Waals surface area contributed by atoms with Crippen molar-refractivity contribution in [3.63, 3.8) is 0 Å². The molecule has 0 bridgehead atoms. The number of nitrogens with zero attached hydrogens (tertiary/aromatic N) is 4. The van der Waals surface area contributed by atoms with Crippen molar-refractivity contribution in [2.75, 3.05) is 30.1 Å². The predicted octanol–water partition coefficient (Wildman–Crippen LogP) is 1.99. The molecule has 3 aromatic rings. The van der Waals surface area contributed by atoms with Gasteiger partial charge in [0.1, 0.15) is 5.75 Å². The van der Waals surface area contributed by atoms with E-state index in [9.17, 15) is 5.11 Å². The molecule has 0 aliphatic rings. The Morgan fingerprint density at radius 2 is 2.07 bits per heavy atom. The Labute approximate surface area is 164 Å². The lowest BCUT2D eigenvalue weighted by molar-refractivity contribution is 0.248. The van der Waals surface area contributed by atoms with E-state index in [1.807, 2.05) is 43.7 Å². The van der Waals surface area contributed by atoms with E-state index in [1.165, 1.54) is 0 Å². The van der Waals surface area contributed by atoms with Crippen LogP contribution in [0.15, 0.2) is 24.5 Å². The fourth-order valence-electron chi connectivity index (χ4n) is 2.88. The maximum absolute atomic E-state index is 9.61. The summed E-state index contributed by atoms with van der Waals surface area (Å²) in [6, 6.07) is 5.50. The van der Waals surface area contributed by atoms with Crippen molar-refractivity contribution in [3.8, 4) is 5.75 Å². The summed E-state index contributed by atoms with van der Waals surface area (Å²) in [7, 11) is 3.47. The maximum atomic E-state index is 9.61. The zero-order chi connectivity index (χ0) is 20.3. The van der Waals surface area contributed by atoms with Gasteiger partial charge in [0.2, 0.25) is 5.95 Å². The number of methoxy groups -OCH3 is 1. The number of ether oxygens (including phenoxy) is 1. The highest BCUT2D eigenvalue weighted by atomic mass is 16.5. The van der Waals surface area contributed by atoms with Gasteiger partial charge >= 0.3 is 0 Å². The normalized spacial score (nSPS) is 12.4. The van der Waals surface area contributed by atoms with Crippen LogP contribution in [0.3, 0.4) is 0 Å². The van der Waals surface area contributed by atoms with Gasteiger partial charge in [-0.25, -0.2) is 4.98 Å². The number of aryl methyl sites for hydroxylation is 1. The lowest BCUT2D eigenvalue weighted by Gasteiger charge is -2.20. The number of hydrogen-bond acceptors (Lipinski definition) is 8. The van der Waals surface area contributed by atoms with E-state index in [0.717, 1.165) is 5.56 Å². The molecule has 2 heterocycles. The van der Waals surface area contributed by atoms with Crippen molar-refractivity contribution in [1.82, 2.24) is 19.5 Å². The third kappa shape index (κ3) is 3.94. The van der Waals surface area contributed by atoms with Gasteiger partial charge in [0.25, 0.3) is 0 Å². The highest BCUT2D eigenvalue weighted by Gasteiger charge is 2.17. The number of rotatable bonds is 8. The number of aromatic nitrogens is 4. The Kier molecular flexibility index (Phi) is 5.84. The SMILES string of the molecule is COc1cccc(CNc2nc(NC(CO)C(C)C)nc3c2ncn3C)c1N. The molecule has 0 amide bonds. The summed E-state index contributed by atoms with van der Waals surface area (Å²) >= 11 is 0. The molecular formula is C19H27N7O2. The minimum atomic E-state index is -0.146. The average molecular weight is 385 g/mol. The number of para-hydroxylation sites is 1. The first-order valence-electron chi connectivity index (χ1n) is 9.16. The number of imidazole rings is 1. The number of aliphatic hydroxyl groups excluding tert-OH is 1. The van der Waals surface area contributed by atoms with E-state index in [-0.39, 0.29) is 18.6 Å². The second-order valence-electron chi connectivity index (χ2n) is 6.99. The molecule has 0 saturated carbocycles. The summed E-state index contributed by atoms with van der Waals surface area (Å²) in [5, 5.41) is 16.1. The van der Waals surface area contributed by atoms with Crippen molar-refractivity contribution in [2.24, 2.45) is 13.0 Å². The molecule has 9 nitrogen and oxygen atoms in total. The number of hydrogen-bond donors (Lipinski definition) is 4. The van der Waals surface area contributed by atoms with E-state index in [4.69, 9.17) is 10.5 Å². The third-order valence-electron chi connectivity index (χ3n) is 4.70. The van der Waals surface area contributed by atoms with Crippen molar-refractivity contribution >= 4 is 28.6 Å². The molecule has 0 aliphatic carbocycles. The van der Waals surface area contributed by atoms with Crippen LogP contribution in [0.5, 0.6) is 5.75 Å². The van der Waals surface area contributed by atoms with Crippen LogP contribution in [-0.4, -0.2) is 44.4 Å². The van der Waals surface area contributed by atoms with Gasteiger partial charge < -0.3 is 30.8 Å². The standard InChI is InChI=1S/C19H27N7O2/c1-11(2)13(9-27)23-19-24-17(16-18(25-19)26(3)10-22-16)21-8-12-6-5-7-14(28-4)15(12)20/h5-7,10-11,13,27H,8-9,20H2,1-4H3,(H2,21,23,24,25). The van der Waals surface area contributed by atoms with Crippen molar-refractivity contribution in [1.29, 1.82) is 0 Å². The van der Waals surface area contributed by atoms with E-state index < -0.39 is 0 Å². The molecular weight excluding hydrogens is 358 g/mol. The molecule has 0 saturated heterocycles. The molecule has 28 heavy (non-hydrogen) atoms. The molecule has 0 radical (unpaired) electrons. The Morgan fingerprint density at radius 1 is 1.29 bits per heavy atom. The van der Waals surface area contributed by atoms with Gasteiger partial charge in [-0.2, -0.15) is 9.97 Å². The summed E-state index contributed by atoms with van der Waals surface area (Å²) in [6.07, 6.45) is 1.69. The molecule has 5 N–H and O–H groups in total. The molecule has 1 aromatic carbocycles. The quantitative estimate of drug-likeness (QED) is 0.434. The van der Waals surface area contributed by atoms with Crippen LogP contribution in [0.1, 0.15) is 19.4 Å². The first kappa shape index (κ1) is 19.7. The number of aliphatic hydroxyl groups is 1. The first-order chi connectivity index (χ1) is 13.4. The van der Waals surface area contributed by atoms with Crippen LogP contribution in [0.4, 0.5) is 17.5 Å². The van der Waals surface area contributed by atoms with Gasteiger partial charge in [0, 0.05) is 13.6 Å². The van der Waals surface area contributed by atoms with Gasteiger partial charge in [0.15, 0.2) is 17.0 Å². The Hall–Kier alpha value is -3.07. The molecule has 2 aromatic heterocycles. The van der Waals surface area contributed by atoms with Crippen LogP contribution in [0.2, 0.25) is 0 Å². The number of anilines is 3. The fraction of sp³-hybridized carbons (Fsp3) is 0.421. The van der Waals surface area contributed by atoms with Gasteiger partial charge in [-0.15, -0.1) is 0 Å². The summed E-state index contributed by atoms with van der Waals surface area (Å²) in [5.41, 5.74) is 9.00. The topological polar surface area (TPSA) is 123 Å². The molecule has 3 rings (SSSR count). The van der Waals surface area contributed by atoms with Crippen LogP contribution in [0, 0.1) is 5.92 Å². The smallest absolute Gasteiger partial charge is 0.227 e. The number of nitrogens with one attached hydrogen (secondary N) is 2. The minimum Gasteiger partial charge on any atom is -0.495 e. The van der Waals surface area contributed by atoms with Gasteiger partial charge in [-0.05, 0) is 17.5 Å².